The number of carbonyl (C=O) groups excluding carboxylic acids is 4. The van der Waals surface area contributed by atoms with Crippen molar-refractivity contribution >= 4 is 39.5 Å². The fourth-order valence-electron chi connectivity index (χ4n) is 10.7. The van der Waals surface area contributed by atoms with Gasteiger partial charge >= 0.3 is 39.5 Å². The number of esters is 4. The van der Waals surface area contributed by atoms with Gasteiger partial charge in [-0.15, -0.1) is 0 Å². The molecule has 0 spiro atoms. The number of unbranched alkanes of at least 4 members (excludes halogenated alkanes) is 37. The van der Waals surface area contributed by atoms with Crippen molar-refractivity contribution < 1.29 is 80.2 Å². The Morgan fingerprint density at radius 1 is 0.300 bits per heavy atom. The van der Waals surface area contributed by atoms with Crippen LogP contribution in [0.25, 0.3) is 0 Å². The molecule has 0 aromatic carbocycles. The molecule has 17 nitrogen and oxygen atoms in total. The molecule has 0 radical (unpaired) electrons. The molecule has 0 amide bonds. The van der Waals surface area contributed by atoms with E-state index in [2.05, 4.69) is 48.5 Å². The Morgan fingerprint density at radius 2 is 0.511 bits per heavy atom. The molecule has 19 heteroatoms. The summed E-state index contributed by atoms with van der Waals surface area (Å²) < 4.78 is 68.1. The number of phosphoric acid groups is 2. The summed E-state index contributed by atoms with van der Waals surface area (Å²) in [5.41, 5.74) is 0. The Bertz CT molecular complexity index is 1770. The fourth-order valence-corrected chi connectivity index (χ4v) is 12.3. The molecule has 0 heterocycles. The highest BCUT2D eigenvalue weighted by molar-refractivity contribution is 7.47. The van der Waals surface area contributed by atoms with Crippen molar-refractivity contribution in [2.45, 2.75) is 375 Å². The lowest BCUT2D eigenvalue weighted by Crippen LogP contribution is -2.30. The predicted octanol–water partition coefficient (Wildman–Crippen LogP) is 20.2. The average Bonchev–Trinajstić information content (AvgIpc) is 3.69. The molecule has 0 aliphatic carbocycles. The van der Waals surface area contributed by atoms with Gasteiger partial charge in [0.1, 0.15) is 19.3 Å². The van der Waals surface area contributed by atoms with Gasteiger partial charge < -0.3 is 33.8 Å². The molecule has 0 aliphatic rings. The molecule has 534 valence electrons. The predicted molar refractivity (Wildman–Crippen MR) is 363 cm³/mol. The van der Waals surface area contributed by atoms with Crippen molar-refractivity contribution in [2.24, 2.45) is 17.8 Å². The molecule has 0 saturated heterocycles. The van der Waals surface area contributed by atoms with Gasteiger partial charge in [0, 0.05) is 25.7 Å². The van der Waals surface area contributed by atoms with Crippen molar-refractivity contribution in [3.8, 4) is 0 Å². The lowest BCUT2D eigenvalue weighted by molar-refractivity contribution is -0.161. The smallest absolute Gasteiger partial charge is 0.462 e. The van der Waals surface area contributed by atoms with Crippen molar-refractivity contribution in [3.05, 3.63) is 0 Å². The van der Waals surface area contributed by atoms with Gasteiger partial charge in [-0.25, -0.2) is 9.13 Å². The minimum Gasteiger partial charge on any atom is -0.462 e. The van der Waals surface area contributed by atoms with E-state index in [1.54, 1.807) is 0 Å². The van der Waals surface area contributed by atoms with Crippen LogP contribution in [0.5, 0.6) is 0 Å². The molecule has 3 N–H and O–H groups in total. The van der Waals surface area contributed by atoms with E-state index in [4.69, 9.17) is 37.0 Å². The van der Waals surface area contributed by atoms with E-state index in [0.717, 1.165) is 114 Å². The SMILES string of the molecule is CCCCCCCC(=O)OC[C@H](COP(=O)(O)OC[C@H](O)COP(=O)(O)OC[C@@H](COC(=O)CCCCCCCCCCCCCC(C)C)OC(=O)CCCCCCCCCCCCCCCCCCC(C)C)OC(=O)CCCCCCCCCCCC(C)C. The van der Waals surface area contributed by atoms with Crippen LogP contribution in [0, 0.1) is 17.8 Å². The summed E-state index contributed by atoms with van der Waals surface area (Å²) in [5.74, 6) is 0.181. The Balaban J connectivity index is 5.15. The summed E-state index contributed by atoms with van der Waals surface area (Å²) in [6, 6.07) is 0. The van der Waals surface area contributed by atoms with Crippen LogP contribution in [-0.4, -0.2) is 96.7 Å². The molecular weight excluding hydrogens is 1190 g/mol. The van der Waals surface area contributed by atoms with Gasteiger partial charge in [0.2, 0.25) is 0 Å². The van der Waals surface area contributed by atoms with Crippen molar-refractivity contribution in [2.75, 3.05) is 39.6 Å². The number of rotatable bonds is 69. The van der Waals surface area contributed by atoms with Crippen molar-refractivity contribution in [1.82, 2.24) is 0 Å². The van der Waals surface area contributed by atoms with Gasteiger partial charge in [-0.05, 0) is 43.4 Å². The Kier molecular flexibility index (Phi) is 60.6. The number of aliphatic hydroxyl groups is 1. The van der Waals surface area contributed by atoms with Gasteiger partial charge in [0.15, 0.2) is 12.2 Å². The third-order valence-corrected chi connectivity index (χ3v) is 18.3. The second kappa shape index (κ2) is 61.9. The highest BCUT2D eigenvalue weighted by Gasteiger charge is 2.30. The number of hydrogen-bond donors (Lipinski definition) is 3. The topological polar surface area (TPSA) is 237 Å². The zero-order valence-corrected chi connectivity index (χ0v) is 60.4. The van der Waals surface area contributed by atoms with Crippen LogP contribution in [0.4, 0.5) is 0 Å². The standard InChI is InChI=1S/C71H138O17P2/c1-8-9-10-35-45-52-68(73)81-58-66(87-71(76)55-48-41-34-28-22-25-31-38-44-51-64(6)7)60-85-89(77,78)83-56-65(72)57-84-90(79,80)86-61-67(59-82-69(74)53-46-39-32-26-21-17-19-24-30-37-43-50-63(4)5)88-70(75)54-47-40-33-27-20-16-14-12-11-13-15-18-23-29-36-42-49-62(2)3/h62-67,72H,8-61H2,1-7H3,(H,77,78)(H,79,80)/t65-,66+,67+/m0/s1. The second-order valence-electron chi connectivity index (χ2n) is 27.1. The lowest BCUT2D eigenvalue weighted by atomic mass is 10.0. The van der Waals surface area contributed by atoms with Gasteiger partial charge in [-0.2, -0.15) is 0 Å². The van der Waals surface area contributed by atoms with Crippen molar-refractivity contribution in [3.63, 3.8) is 0 Å². The van der Waals surface area contributed by atoms with E-state index >= 15 is 0 Å². The quantitative estimate of drug-likeness (QED) is 0.0222. The van der Waals surface area contributed by atoms with E-state index in [-0.39, 0.29) is 25.7 Å². The van der Waals surface area contributed by atoms with Crippen LogP contribution in [-0.2, 0) is 65.4 Å². The van der Waals surface area contributed by atoms with Gasteiger partial charge in [-0.3, -0.25) is 37.3 Å². The average molecular weight is 1330 g/mol. The number of carbonyl (C=O) groups is 4. The second-order valence-corrected chi connectivity index (χ2v) is 30.0. The molecule has 0 saturated carbocycles. The van der Waals surface area contributed by atoms with Crippen LogP contribution in [0.3, 0.4) is 0 Å². The van der Waals surface area contributed by atoms with Crippen LogP contribution in [0.15, 0.2) is 0 Å². The first-order valence-corrected chi connectivity index (χ1v) is 39.8. The monoisotopic (exact) mass is 1320 g/mol. The van der Waals surface area contributed by atoms with Crippen LogP contribution in [0.2, 0.25) is 0 Å². The normalized spacial score (nSPS) is 14.2. The summed E-state index contributed by atoms with van der Waals surface area (Å²) in [5, 5.41) is 10.6. The van der Waals surface area contributed by atoms with Gasteiger partial charge in [0.05, 0.1) is 26.4 Å². The molecule has 0 fully saturated rings. The van der Waals surface area contributed by atoms with Crippen LogP contribution < -0.4 is 0 Å². The molecular formula is C71H138O17P2. The highest BCUT2D eigenvalue weighted by atomic mass is 31.2. The first-order chi connectivity index (χ1) is 43.2. The molecule has 90 heavy (non-hydrogen) atoms. The maximum Gasteiger partial charge on any atom is 0.472 e. The van der Waals surface area contributed by atoms with E-state index in [0.29, 0.717) is 25.7 Å². The number of ether oxygens (including phenoxy) is 4. The van der Waals surface area contributed by atoms with E-state index in [1.807, 2.05) is 0 Å². The number of phosphoric ester groups is 2. The maximum atomic E-state index is 13.0. The Labute approximate surface area is 549 Å². The summed E-state index contributed by atoms with van der Waals surface area (Å²) in [7, 11) is -9.89. The first-order valence-electron chi connectivity index (χ1n) is 36.8. The summed E-state index contributed by atoms with van der Waals surface area (Å²) in [6.07, 6.45) is 46.2. The zero-order chi connectivity index (χ0) is 66.6. The fraction of sp³-hybridized carbons (Fsp3) is 0.944. The summed E-state index contributed by atoms with van der Waals surface area (Å²) >= 11 is 0. The minimum absolute atomic E-state index is 0.104. The largest absolute Gasteiger partial charge is 0.472 e. The molecule has 0 aliphatic heterocycles. The highest BCUT2D eigenvalue weighted by Crippen LogP contribution is 2.45. The summed E-state index contributed by atoms with van der Waals surface area (Å²) in [6.45, 7) is 11.8. The minimum atomic E-state index is -4.95. The zero-order valence-electron chi connectivity index (χ0n) is 58.6. The summed E-state index contributed by atoms with van der Waals surface area (Å²) in [4.78, 5) is 72.3. The van der Waals surface area contributed by atoms with Gasteiger partial charge in [0.25, 0.3) is 0 Å². The van der Waals surface area contributed by atoms with E-state index in [1.165, 1.54) is 161 Å². The lowest BCUT2D eigenvalue weighted by Gasteiger charge is -2.21. The molecule has 0 aromatic rings. The van der Waals surface area contributed by atoms with Crippen molar-refractivity contribution in [1.29, 1.82) is 0 Å². The molecule has 0 rings (SSSR count). The van der Waals surface area contributed by atoms with E-state index < -0.39 is 97.5 Å². The van der Waals surface area contributed by atoms with E-state index in [9.17, 15) is 43.2 Å². The molecule has 0 bridgehead atoms. The number of aliphatic hydroxyl groups excluding tert-OH is 1. The third kappa shape index (κ3) is 64.8. The van der Waals surface area contributed by atoms with Crippen LogP contribution >= 0.6 is 15.6 Å². The first kappa shape index (κ1) is 88.1. The third-order valence-electron chi connectivity index (χ3n) is 16.4. The Hall–Kier alpha value is -1.94. The number of hydrogen-bond acceptors (Lipinski definition) is 15. The maximum absolute atomic E-state index is 13.0. The van der Waals surface area contributed by atoms with Crippen LogP contribution in [0.1, 0.15) is 357 Å². The molecule has 0 aromatic heterocycles. The van der Waals surface area contributed by atoms with Gasteiger partial charge in [-0.1, -0.05) is 305 Å². The molecule has 2 unspecified atom stereocenters. The molecule has 5 atom stereocenters. The Morgan fingerprint density at radius 3 is 0.756 bits per heavy atom.